The zero-order valence-corrected chi connectivity index (χ0v) is 8.87. The van der Waals surface area contributed by atoms with Gasteiger partial charge in [-0.1, -0.05) is 44.1 Å². The highest BCUT2D eigenvalue weighted by molar-refractivity contribution is 5.02. The molecule has 76 valence electrons. The highest BCUT2D eigenvalue weighted by Gasteiger charge is 1.89. The largest absolute Gasteiger partial charge is 0.393 e. The predicted octanol–water partition coefficient (Wildman–Crippen LogP) is 3.45. The fraction of sp³-hybridized carbons (Fsp3) is 0.667. The van der Waals surface area contributed by atoms with Gasteiger partial charge in [-0.15, -0.1) is 0 Å². The van der Waals surface area contributed by atoms with Crippen LogP contribution in [0.1, 0.15) is 46.0 Å². The van der Waals surface area contributed by atoms with Gasteiger partial charge in [-0.2, -0.15) is 0 Å². The van der Waals surface area contributed by atoms with Crippen LogP contribution in [0.5, 0.6) is 0 Å². The third-order valence-corrected chi connectivity index (χ3v) is 1.86. The van der Waals surface area contributed by atoms with Crippen LogP contribution in [0.25, 0.3) is 0 Å². The van der Waals surface area contributed by atoms with Crippen LogP contribution >= 0.6 is 0 Å². The van der Waals surface area contributed by atoms with Gasteiger partial charge in [0.25, 0.3) is 0 Å². The molecule has 0 heterocycles. The molecule has 0 saturated carbocycles. The lowest BCUT2D eigenvalue weighted by Crippen LogP contribution is -1.96. The van der Waals surface area contributed by atoms with E-state index in [1.807, 2.05) is 6.92 Å². The van der Waals surface area contributed by atoms with Crippen molar-refractivity contribution in [2.45, 2.75) is 52.1 Å². The van der Waals surface area contributed by atoms with Gasteiger partial charge in [0, 0.05) is 0 Å². The summed E-state index contributed by atoms with van der Waals surface area (Å²) in [5, 5.41) is 8.97. The summed E-state index contributed by atoms with van der Waals surface area (Å²) in [4.78, 5) is 0. The maximum absolute atomic E-state index is 8.97. The van der Waals surface area contributed by atoms with E-state index in [2.05, 4.69) is 31.2 Å². The average molecular weight is 182 g/mol. The minimum atomic E-state index is -0.172. The van der Waals surface area contributed by atoms with E-state index in [9.17, 15) is 0 Å². The summed E-state index contributed by atoms with van der Waals surface area (Å²) in [6.45, 7) is 4.03. The number of unbranched alkanes of at least 4 members (excludes halogenated alkanes) is 2. The Kier molecular flexibility index (Phi) is 9.12. The van der Waals surface area contributed by atoms with Crippen LogP contribution in [-0.2, 0) is 0 Å². The number of rotatable bonds is 7. The zero-order chi connectivity index (χ0) is 9.94. The summed E-state index contributed by atoms with van der Waals surface area (Å²) >= 11 is 0. The van der Waals surface area contributed by atoms with Crippen LogP contribution in [0.4, 0.5) is 0 Å². The Bertz CT molecular complexity index is 145. The summed E-state index contributed by atoms with van der Waals surface area (Å²) in [5.74, 6) is 0. The molecule has 0 aromatic carbocycles. The summed E-state index contributed by atoms with van der Waals surface area (Å²) < 4.78 is 0. The van der Waals surface area contributed by atoms with Crippen molar-refractivity contribution in [3.63, 3.8) is 0 Å². The van der Waals surface area contributed by atoms with Crippen molar-refractivity contribution in [1.82, 2.24) is 0 Å². The van der Waals surface area contributed by atoms with Gasteiger partial charge in [-0.3, -0.25) is 0 Å². The molecule has 0 bridgehead atoms. The van der Waals surface area contributed by atoms with E-state index >= 15 is 0 Å². The summed E-state index contributed by atoms with van der Waals surface area (Å²) in [7, 11) is 0. The molecule has 0 fully saturated rings. The summed E-state index contributed by atoms with van der Waals surface area (Å²) in [6, 6.07) is 0. The van der Waals surface area contributed by atoms with Crippen LogP contribution in [-0.4, -0.2) is 11.2 Å². The summed E-state index contributed by atoms with van der Waals surface area (Å²) in [6.07, 6.45) is 13.8. The number of hydrogen-bond donors (Lipinski definition) is 1. The lowest BCUT2D eigenvalue weighted by atomic mass is 10.2. The third-order valence-electron chi connectivity index (χ3n) is 1.86. The average Bonchev–Trinajstić information content (AvgIpc) is 2.09. The van der Waals surface area contributed by atoms with E-state index in [1.54, 1.807) is 0 Å². The topological polar surface area (TPSA) is 20.2 Å². The molecule has 0 aromatic rings. The molecule has 0 spiro atoms. The van der Waals surface area contributed by atoms with Gasteiger partial charge in [0.05, 0.1) is 6.10 Å². The van der Waals surface area contributed by atoms with Crippen LogP contribution in [0, 0.1) is 0 Å². The second-order valence-electron chi connectivity index (χ2n) is 3.42. The highest BCUT2D eigenvalue weighted by atomic mass is 16.3. The molecule has 1 heteroatoms. The van der Waals surface area contributed by atoms with Crippen molar-refractivity contribution in [1.29, 1.82) is 0 Å². The highest BCUT2D eigenvalue weighted by Crippen LogP contribution is 1.98. The first-order valence-corrected chi connectivity index (χ1v) is 5.27. The first kappa shape index (κ1) is 12.4. The summed E-state index contributed by atoms with van der Waals surface area (Å²) in [5.41, 5.74) is 0. The van der Waals surface area contributed by atoms with Crippen LogP contribution in [0.15, 0.2) is 24.3 Å². The molecule has 0 saturated heterocycles. The minimum Gasteiger partial charge on any atom is -0.393 e. The first-order chi connectivity index (χ1) is 6.27. The van der Waals surface area contributed by atoms with E-state index in [1.165, 1.54) is 19.3 Å². The van der Waals surface area contributed by atoms with Gasteiger partial charge < -0.3 is 5.11 Å². The number of hydrogen-bond acceptors (Lipinski definition) is 1. The van der Waals surface area contributed by atoms with E-state index < -0.39 is 0 Å². The molecule has 1 atom stereocenters. The van der Waals surface area contributed by atoms with Gasteiger partial charge in [0.1, 0.15) is 0 Å². The van der Waals surface area contributed by atoms with Crippen LogP contribution in [0.2, 0.25) is 0 Å². The maximum Gasteiger partial charge on any atom is 0.0515 e. The molecular weight excluding hydrogens is 160 g/mol. The van der Waals surface area contributed by atoms with Gasteiger partial charge >= 0.3 is 0 Å². The van der Waals surface area contributed by atoms with Crippen LogP contribution < -0.4 is 0 Å². The minimum absolute atomic E-state index is 0.172. The Labute approximate surface area is 82.2 Å². The van der Waals surface area contributed by atoms with Gasteiger partial charge in [0.2, 0.25) is 0 Å². The van der Waals surface area contributed by atoms with Crippen molar-refractivity contribution in [2.75, 3.05) is 0 Å². The van der Waals surface area contributed by atoms with E-state index in [0.29, 0.717) is 0 Å². The monoisotopic (exact) mass is 182 g/mol. The SMILES string of the molecule is CCCC/C=C/C=C/CCC(C)O. The number of aliphatic hydroxyl groups is 1. The molecule has 0 aliphatic heterocycles. The molecule has 0 amide bonds. The molecule has 1 N–H and O–H groups in total. The Morgan fingerprint density at radius 1 is 1.15 bits per heavy atom. The lowest BCUT2D eigenvalue weighted by molar-refractivity contribution is 0.186. The first-order valence-electron chi connectivity index (χ1n) is 5.27. The molecule has 13 heavy (non-hydrogen) atoms. The van der Waals surface area contributed by atoms with Crippen molar-refractivity contribution in [2.24, 2.45) is 0 Å². The lowest BCUT2D eigenvalue weighted by Gasteiger charge is -1.97. The molecule has 0 rings (SSSR count). The van der Waals surface area contributed by atoms with Crippen LogP contribution in [0.3, 0.4) is 0 Å². The zero-order valence-electron chi connectivity index (χ0n) is 8.87. The Hall–Kier alpha value is -0.560. The quantitative estimate of drug-likeness (QED) is 0.472. The van der Waals surface area contributed by atoms with E-state index in [-0.39, 0.29) is 6.10 Å². The van der Waals surface area contributed by atoms with E-state index in [4.69, 9.17) is 5.11 Å². The Balaban J connectivity index is 3.24. The normalized spacial score (nSPS) is 14.4. The molecule has 0 aliphatic carbocycles. The fourth-order valence-corrected chi connectivity index (χ4v) is 1.01. The predicted molar refractivity (Wildman–Crippen MR) is 58.7 cm³/mol. The smallest absolute Gasteiger partial charge is 0.0515 e. The molecule has 0 aliphatic rings. The van der Waals surface area contributed by atoms with Crippen molar-refractivity contribution < 1.29 is 5.11 Å². The van der Waals surface area contributed by atoms with Gasteiger partial charge in [-0.25, -0.2) is 0 Å². The second-order valence-corrected chi connectivity index (χ2v) is 3.42. The maximum atomic E-state index is 8.97. The fourth-order valence-electron chi connectivity index (χ4n) is 1.01. The molecule has 1 nitrogen and oxygen atoms in total. The molecule has 0 radical (unpaired) electrons. The molecule has 1 unspecified atom stereocenters. The van der Waals surface area contributed by atoms with Gasteiger partial charge in [0.15, 0.2) is 0 Å². The van der Waals surface area contributed by atoms with Crippen molar-refractivity contribution in [3.8, 4) is 0 Å². The molecular formula is C12H22O. The van der Waals surface area contributed by atoms with Crippen molar-refractivity contribution >= 4 is 0 Å². The van der Waals surface area contributed by atoms with Crippen molar-refractivity contribution in [3.05, 3.63) is 24.3 Å². The Morgan fingerprint density at radius 3 is 2.31 bits per heavy atom. The third kappa shape index (κ3) is 11.4. The second kappa shape index (κ2) is 9.53. The standard InChI is InChI=1S/C12H22O/c1-3-4-5-6-7-8-9-10-11-12(2)13/h6-9,12-13H,3-5,10-11H2,1-2H3/b7-6+,9-8+. The number of aliphatic hydroxyl groups excluding tert-OH is 1. The number of allylic oxidation sites excluding steroid dienone is 4. The van der Waals surface area contributed by atoms with E-state index in [0.717, 1.165) is 12.8 Å². The Morgan fingerprint density at radius 2 is 1.77 bits per heavy atom. The van der Waals surface area contributed by atoms with Gasteiger partial charge in [-0.05, 0) is 26.2 Å². The molecule has 0 aromatic heterocycles.